The predicted molar refractivity (Wildman–Crippen MR) is 111 cm³/mol. The fraction of sp³-hybridized carbons (Fsp3) is 0.409. The molecule has 0 N–H and O–H groups in total. The van der Waals surface area contributed by atoms with Gasteiger partial charge in [0.2, 0.25) is 0 Å². The minimum atomic E-state index is -3.29. The van der Waals surface area contributed by atoms with Crippen molar-refractivity contribution in [3.8, 4) is 5.75 Å². The van der Waals surface area contributed by atoms with Crippen LogP contribution in [0, 0.1) is 6.92 Å². The normalized spacial score (nSPS) is 15.5. The van der Waals surface area contributed by atoms with Gasteiger partial charge >= 0.3 is 5.97 Å². The summed E-state index contributed by atoms with van der Waals surface area (Å²) in [6.45, 7) is 5.87. The zero-order chi connectivity index (χ0) is 20.3. The Kier molecular flexibility index (Phi) is 6.08. The first-order chi connectivity index (χ1) is 13.3. The van der Waals surface area contributed by atoms with Crippen LogP contribution in [-0.2, 0) is 14.6 Å². The zero-order valence-electron chi connectivity index (χ0n) is 16.6. The van der Waals surface area contributed by atoms with Crippen molar-refractivity contribution in [1.29, 1.82) is 0 Å². The number of rotatable bonds is 6. The van der Waals surface area contributed by atoms with Crippen LogP contribution in [0.4, 0.5) is 5.69 Å². The highest BCUT2D eigenvalue weighted by atomic mass is 32.2. The second-order valence-corrected chi connectivity index (χ2v) is 9.38. The first-order valence-corrected chi connectivity index (χ1v) is 11.6. The molecule has 3 rings (SSSR count). The number of hydrogen-bond donors (Lipinski definition) is 0. The van der Waals surface area contributed by atoms with E-state index in [4.69, 9.17) is 4.74 Å². The molecule has 0 spiro atoms. The molecule has 0 radical (unpaired) electrons. The highest BCUT2D eigenvalue weighted by Crippen LogP contribution is 2.28. The molecule has 1 saturated heterocycles. The average molecular weight is 402 g/mol. The lowest BCUT2D eigenvalue weighted by Crippen LogP contribution is -2.20. The third kappa shape index (κ3) is 4.55. The van der Waals surface area contributed by atoms with Gasteiger partial charge in [-0.05, 0) is 67.6 Å². The third-order valence-electron chi connectivity index (χ3n) is 5.24. The number of ether oxygens (including phenoxy) is 1. The summed E-state index contributed by atoms with van der Waals surface area (Å²) in [6, 6.07) is 12.7. The molecule has 28 heavy (non-hydrogen) atoms. The SMILES string of the molecule is CCC(C(=O)Oc1ccc(S(C)(=O)=O)cc1C)c1ccc(N2CCCC2)cc1. The molecular formula is C22H27NO4S. The molecule has 1 heterocycles. The van der Waals surface area contributed by atoms with Crippen molar-refractivity contribution >= 4 is 21.5 Å². The zero-order valence-corrected chi connectivity index (χ0v) is 17.5. The van der Waals surface area contributed by atoms with Crippen LogP contribution in [0.15, 0.2) is 47.4 Å². The average Bonchev–Trinajstić information content (AvgIpc) is 3.18. The summed E-state index contributed by atoms with van der Waals surface area (Å²) in [5.41, 5.74) is 2.74. The highest BCUT2D eigenvalue weighted by Gasteiger charge is 2.22. The smallest absolute Gasteiger partial charge is 0.318 e. The number of carbonyl (C=O) groups is 1. The lowest BCUT2D eigenvalue weighted by Gasteiger charge is -2.20. The van der Waals surface area contributed by atoms with Gasteiger partial charge in [0.1, 0.15) is 5.75 Å². The Bertz CT molecular complexity index is 945. The second kappa shape index (κ2) is 8.35. The molecule has 0 aliphatic carbocycles. The number of sulfone groups is 1. The van der Waals surface area contributed by atoms with Crippen molar-refractivity contribution in [2.75, 3.05) is 24.2 Å². The maximum absolute atomic E-state index is 12.8. The van der Waals surface area contributed by atoms with Crippen molar-refractivity contribution < 1.29 is 17.9 Å². The third-order valence-corrected chi connectivity index (χ3v) is 6.35. The summed E-state index contributed by atoms with van der Waals surface area (Å²) in [4.78, 5) is 15.3. The van der Waals surface area contributed by atoms with Gasteiger partial charge in [-0.25, -0.2) is 8.42 Å². The number of hydrogen-bond acceptors (Lipinski definition) is 5. The highest BCUT2D eigenvalue weighted by molar-refractivity contribution is 7.90. The van der Waals surface area contributed by atoms with Gasteiger partial charge in [0.05, 0.1) is 10.8 Å². The standard InChI is InChI=1S/C22H27NO4S/c1-4-20(17-7-9-18(10-8-17)23-13-5-6-14-23)22(24)27-21-12-11-19(15-16(21)2)28(3,25)26/h7-12,15,20H,4-6,13-14H2,1-3H3. The van der Waals surface area contributed by atoms with Crippen LogP contribution in [0.1, 0.15) is 43.2 Å². The summed E-state index contributed by atoms with van der Waals surface area (Å²) in [5, 5.41) is 0. The Morgan fingerprint density at radius 1 is 1.11 bits per heavy atom. The Morgan fingerprint density at radius 2 is 1.75 bits per heavy atom. The van der Waals surface area contributed by atoms with Gasteiger partial charge in [0, 0.05) is 25.0 Å². The number of anilines is 1. The number of carbonyl (C=O) groups excluding carboxylic acids is 1. The van der Waals surface area contributed by atoms with Gasteiger partial charge < -0.3 is 9.64 Å². The fourth-order valence-corrected chi connectivity index (χ4v) is 4.28. The van der Waals surface area contributed by atoms with Crippen molar-refractivity contribution in [2.45, 2.75) is 43.9 Å². The van der Waals surface area contributed by atoms with E-state index in [9.17, 15) is 13.2 Å². The van der Waals surface area contributed by atoms with E-state index < -0.39 is 9.84 Å². The van der Waals surface area contributed by atoms with Gasteiger partial charge in [0.25, 0.3) is 0 Å². The van der Waals surface area contributed by atoms with E-state index in [-0.39, 0.29) is 16.8 Å². The van der Waals surface area contributed by atoms with Gasteiger partial charge in [-0.1, -0.05) is 19.1 Å². The number of benzene rings is 2. The summed E-state index contributed by atoms with van der Waals surface area (Å²) in [7, 11) is -3.29. The van der Waals surface area contributed by atoms with Crippen LogP contribution < -0.4 is 9.64 Å². The van der Waals surface area contributed by atoms with E-state index >= 15 is 0 Å². The minimum absolute atomic E-state index is 0.217. The second-order valence-electron chi connectivity index (χ2n) is 7.37. The molecule has 6 heteroatoms. The van der Waals surface area contributed by atoms with Crippen molar-refractivity contribution in [3.63, 3.8) is 0 Å². The molecule has 150 valence electrons. The van der Waals surface area contributed by atoms with Gasteiger partial charge in [0.15, 0.2) is 9.84 Å². The molecule has 2 aromatic rings. The maximum Gasteiger partial charge on any atom is 0.318 e. The molecule has 1 atom stereocenters. The first kappa shape index (κ1) is 20.4. The molecule has 0 saturated carbocycles. The van der Waals surface area contributed by atoms with Crippen LogP contribution in [0.25, 0.3) is 0 Å². The minimum Gasteiger partial charge on any atom is -0.426 e. The van der Waals surface area contributed by atoms with Crippen LogP contribution >= 0.6 is 0 Å². The molecule has 5 nitrogen and oxygen atoms in total. The molecule has 1 fully saturated rings. The van der Waals surface area contributed by atoms with Crippen molar-refractivity contribution in [1.82, 2.24) is 0 Å². The van der Waals surface area contributed by atoms with E-state index in [1.807, 2.05) is 19.1 Å². The first-order valence-electron chi connectivity index (χ1n) is 9.67. The largest absolute Gasteiger partial charge is 0.426 e. The van der Waals surface area contributed by atoms with Crippen LogP contribution in [-0.4, -0.2) is 33.7 Å². The Balaban J connectivity index is 1.75. The predicted octanol–water partition coefficient (Wildman–Crippen LogP) is 4.10. The molecule has 1 aliphatic rings. The molecule has 1 aliphatic heterocycles. The molecule has 1 unspecified atom stereocenters. The van der Waals surface area contributed by atoms with E-state index in [1.54, 1.807) is 13.0 Å². The number of esters is 1. The van der Waals surface area contributed by atoms with E-state index in [0.717, 1.165) is 24.9 Å². The quantitative estimate of drug-likeness (QED) is 0.539. The van der Waals surface area contributed by atoms with E-state index in [1.165, 1.54) is 30.7 Å². The van der Waals surface area contributed by atoms with Gasteiger partial charge in [-0.2, -0.15) is 0 Å². The molecule has 0 amide bonds. The monoisotopic (exact) mass is 401 g/mol. The summed E-state index contributed by atoms with van der Waals surface area (Å²) >= 11 is 0. The summed E-state index contributed by atoms with van der Waals surface area (Å²) < 4.78 is 28.9. The molecular weight excluding hydrogens is 374 g/mol. The van der Waals surface area contributed by atoms with E-state index in [2.05, 4.69) is 17.0 Å². The maximum atomic E-state index is 12.8. The molecule has 2 aromatic carbocycles. The summed E-state index contributed by atoms with van der Waals surface area (Å²) in [6.07, 6.45) is 4.24. The van der Waals surface area contributed by atoms with Crippen LogP contribution in [0.3, 0.4) is 0 Å². The van der Waals surface area contributed by atoms with Crippen molar-refractivity contribution in [3.05, 3.63) is 53.6 Å². The van der Waals surface area contributed by atoms with E-state index in [0.29, 0.717) is 17.7 Å². The lowest BCUT2D eigenvalue weighted by atomic mass is 9.96. The molecule has 0 bridgehead atoms. The van der Waals surface area contributed by atoms with Crippen molar-refractivity contribution in [2.24, 2.45) is 0 Å². The van der Waals surface area contributed by atoms with Gasteiger partial charge in [-0.15, -0.1) is 0 Å². The lowest BCUT2D eigenvalue weighted by molar-refractivity contribution is -0.136. The molecule has 0 aromatic heterocycles. The topological polar surface area (TPSA) is 63.7 Å². The summed E-state index contributed by atoms with van der Waals surface area (Å²) in [5.74, 6) is -0.294. The number of aryl methyl sites for hydroxylation is 1. The Labute approximate surface area is 167 Å². The van der Waals surface area contributed by atoms with Crippen LogP contribution in [0.5, 0.6) is 5.75 Å². The Morgan fingerprint density at radius 3 is 2.29 bits per heavy atom. The van der Waals surface area contributed by atoms with Gasteiger partial charge in [-0.3, -0.25) is 4.79 Å². The van der Waals surface area contributed by atoms with Crippen LogP contribution in [0.2, 0.25) is 0 Å². The number of nitrogens with zero attached hydrogens (tertiary/aromatic N) is 1. The fourth-order valence-electron chi connectivity index (χ4n) is 3.58. The Hall–Kier alpha value is -2.34.